The molecule has 0 amide bonds. The highest BCUT2D eigenvalue weighted by Crippen LogP contribution is 2.18. The Morgan fingerprint density at radius 2 is 1.76 bits per heavy atom. The predicted molar refractivity (Wildman–Crippen MR) is 73.5 cm³/mol. The van der Waals surface area contributed by atoms with Crippen molar-refractivity contribution in [2.45, 2.75) is 31.7 Å². The summed E-state index contributed by atoms with van der Waals surface area (Å²) in [6.07, 6.45) is 4.69. The Kier molecular flexibility index (Phi) is 6.99. The molecule has 98 valence electrons. The van der Waals surface area contributed by atoms with E-state index in [2.05, 4.69) is 16.8 Å². The Morgan fingerprint density at radius 1 is 1.06 bits per heavy atom. The fourth-order valence-electron chi connectivity index (χ4n) is 1.84. The fraction of sp³-hybridized carbons (Fsp3) is 0.667. The summed E-state index contributed by atoms with van der Waals surface area (Å²) >= 11 is 1.77. The Balaban J connectivity index is 2.14. The van der Waals surface area contributed by atoms with Gasteiger partial charge < -0.3 is 13.3 Å². The van der Waals surface area contributed by atoms with Crippen molar-refractivity contribution in [2.75, 3.05) is 21.3 Å². The number of hydrogen-bond acceptors (Lipinski definition) is 4. The zero-order valence-electron chi connectivity index (χ0n) is 10.9. The van der Waals surface area contributed by atoms with Crippen LogP contribution < -0.4 is 0 Å². The predicted octanol–water partition coefficient (Wildman–Crippen LogP) is 3.34. The first kappa shape index (κ1) is 14.9. The van der Waals surface area contributed by atoms with E-state index in [0.717, 1.165) is 12.5 Å². The molecule has 0 aliphatic rings. The van der Waals surface area contributed by atoms with Crippen molar-refractivity contribution < 1.29 is 13.3 Å². The van der Waals surface area contributed by atoms with E-state index in [4.69, 9.17) is 13.3 Å². The molecule has 3 nitrogen and oxygen atoms in total. The molecule has 0 atom stereocenters. The summed E-state index contributed by atoms with van der Waals surface area (Å²) in [5, 5.41) is 4.35. The fourth-order valence-corrected chi connectivity index (χ4v) is 4.34. The number of hydrogen-bond donors (Lipinski definition) is 0. The zero-order chi connectivity index (χ0) is 12.6. The summed E-state index contributed by atoms with van der Waals surface area (Å²) in [7, 11) is 2.68. The van der Waals surface area contributed by atoms with Gasteiger partial charge >= 0.3 is 8.80 Å². The average Bonchev–Trinajstić information content (AvgIpc) is 2.88. The van der Waals surface area contributed by atoms with Crippen molar-refractivity contribution in [3.8, 4) is 0 Å². The minimum atomic E-state index is -2.33. The first-order valence-electron chi connectivity index (χ1n) is 5.93. The number of unbranched alkanes of at least 4 members (excludes halogenated alkanes) is 2. The van der Waals surface area contributed by atoms with Crippen LogP contribution in [0, 0.1) is 0 Å². The monoisotopic (exact) mass is 274 g/mol. The summed E-state index contributed by atoms with van der Waals surface area (Å²) in [5.41, 5.74) is 1.45. The van der Waals surface area contributed by atoms with Crippen LogP contribution in [-0.4, -0.2) is 30.1 Å². The van der Waals surface area contributed by atoms with Crippen molar-refractivity contribution >= 4 is 20.1 Å². The van der Waals surface area contributed by atoms with E-state index < -0.39 is 8.80 Å². The third-order valence-corrected chi connectivity index (χ3v) is 6.53. The van der Waals surface area contributed by atoms with E-state index in [1.807, 2.05) is 0 Å². The Bertz CT molecular complexity index is 278. The topological polar surface area (TPSA) is 27.7 Å². The van der Waals surface area contributed by atoms with Gasteiger partial charge in [0.1, 0.15) is 0 Å². The normalized spacial score (nSPS) is 11.9. The van der Waals surface area contributed by atoms with Gasteiger partial charge in [-0.25, -0.2) is 0 Å². The van der Waals surface area contributed by atoms with Crippen molar-refractivity contribution in [1.29, 1.82) is 0 Å². The van der Waals surface area contributed by atoms with Crippen molar-refractivity contribution in [3.05, 3.63) is 22.4 Å². The van der Waals surface area contributed by atoms with Crippen LogP contribution in [0.5, 0.6) is 0 Å². The maximum atomic E-state index is 5.38. The minimum Gasteiger partial charge on any atom is -0.377 e. The van der Waals surface area contributed by atoms with Gasteiger partial charge in [0.25, 0.3) is 0 Å². The molecule has 0 bridgehead atoms. The van der Waals surface area contributed by atoms with E-state index in [-0.39, 0.29) is 0 Å². The van der Waals surface area contributed by atoms with Gasteiger partial charge in [-0.1, -0.05) is 6.42 Å². The second-order valence-corrected chi connectivity index (χ2v) is 7.86. The largest absolute Gasteiger partial charge is 0.500 e. The van der Waals surface area contributed by atoms with Gasteiger partial charge in [0, 0.05) is 27.4 Å². The van der Waals surface area contributed by atoms with Crippen LogP contribution in [0.25, 0.3) is 0 Å². The number of aryl methyl sites for hydroxylation is 1. The molecule has 0 saturated heterocycles. The van der Waals surface area contributed by atoms with Gasteiger partial charge in [0.05, 0.1) is 0 Å². The minimum absolute atomic E-state index is 0.903. The van der Waals surface area contributed by atoms with Crippen LogP contribution >= 0.6 is 11.3 Å². The van der Waals surface area contributed by atoms with Crippen LogP contribution in [0.2, 0.25) is 6.04 Å². The third-order valence-electron chi connectivity index (χ3n) is 2.96. The molecule has 0 aliphatic heterocycles. The molecule has 0 saturated carbocycles. The lowest BCUT2D eigenvalue weighted by Gasteiger charge is -2.24. The van der Waals surface area contributed by atoms with Crippen molar-refractivity contribution in [3.63, 3.8) is 0 Å². The Morgan fingerprint density at radius 3 is 2.29 bits per heavy atom. The van der Waals surface area contributed by atoms with Crippen LogP contribution in [-0.2, 0) is 19.7 Å². The molecule has 1 heterocycles. The second-order valence-electron chi connectivity index (χ2n) is 3.99. The van der Waals surface area contributed by atoms with Gasteiger partial charge in [-0.05, 0) is 41.7 Å². The molecule has 0 unspecified atom stereocenters. The number of rotatable bonds is 9. The van der Waals surface area contributed by atoms with E-state index in [9.17, 15) is 0 Å². The highest BCUT2D eigenvalue weighted by atomic mass is 32.1. The molecule has 0 aliphatic carbocycles. The molecule has 1 aromatic heterocycles. The molecule has 1 rings (SSSR count). The van der Waals surface area contributed by atoms with Gasteiger partial charge in [0.2, 0.25) is 0 Å². The lowest BCUT2D eigenvalue weighted by atomic mass is 10.1. The quantitative estimate of drug-likeness (QED) is 0.510. The summed E-state index contributed by atoms with van der Waals surface area (Å²) < 4.78 is 16.2. The molecular formula is C12H22O3SSi. The Hall–Kier alpha value is -0.203. The maximum Gasteiger partial charge on any atom is 0.500 e. The maximum absolute atomic E-state index is 5.38. The summed E-state index contributed by atoms with van der Waals surface area (Å²) in [6, 6.07) is 3.10. The van der Waals surface area contributed by atoms with Crippen LogP contribution in [0.3, 0.4) is 0 Å². The summed E-state index contributed by atoms with van der Waals surface area (Å²) in [4.78, 5) is 0. The van der Waals surface area contributed by atoms with E-state index in [1.165, 1.54) is 24.8 Å². The molecule has 1 aromatic rings. The number of thiophene rings is 1. The average molecular weight is 274 g/mol. The summed E-state index contributed by atoms with van der Waals surface area (Å²) in [6.45, 7) is 0. The molecule has 0 aromatic carbocycles. The van der Waals surface area contributed by atoms with Crippen LogP contribution in [0.15, 0.2) is 16.8 Å². The molecule has 0 spiro atoms. The highest BCUT2D eigenvalue weighted by Gasteiger charge is 2.36. The van der Waals surface area contributed by atoms with Gasteiger partial charge in [-0.15, -0.1) is 0 Å². The van der Waals surface area contributed by atoms with Crippen molar-refractivity contribution in [2.24, 2.45) is 0 Å². The first-order valence-corrected chi connectivity index (χ1v) is 8.80. The molecule has 0 radical (unpaired) electrons. The van der Waals surface area contributed by atoms with Gasteiger partial charge in [-0.2, -0.15) is 11.3 Å². The van der Waals surface area contributed by atoms with E-state index >= 15 is 0 Å². The smallest absolute Gasteiger partial charge is 0.377 e. The molecule has 0 N–H and O–H groups in total. The van der Waals surface area contributed by atoms with E-state index in [0.29, 0.717) is 0 Å². The Labute approximate surface area is 109 Å². The molecule has 17 heavy (non-hydrogen) atoms. The highest BCUT2D eigenvalue weighted by molar-refractivity contribution is 7.07. The molecule has 5 heteroatoms. The zero-order valence-corrected chi connectivity index (χ0v) is 12.7. The molecular weight excluding hydrogens is 252 g/mol. The lowest BCUT2D eigenvalue weighted by molar-refractivity contribution is 0.122. The van der Waals surface area contributed by atoms with Crippen LogP contribution in [0.1, 0.15) is 24.8 Å². The van der Waals surface area contributed by atoms with E-state index in [1.54, 1.807) is 32.7 Å². The van der Waals surface area contributed by atoms with Gasteiger partial charge in [-0.3, -0.25) is 0 Å². The summed E-state index contributed by atoms with van der Waals surface area (Å²) in [5.74, 6) is 0. The lowest BCUT2D eigenvalue weighted by Crippen LogP contribution is -2.42. The molecule has 0 fully saturated rings. The second kappa shape index (κ2) is 8.00. The standard InChI is InChI=1S/C12H22O3SSi/c1-13-17(14-2,15-3)10-6-4-5-7-12-8-9-16-11-12/h8-9,11H,4-7,10H2,1-3H3. The third kappa shape index (κ3) is 4.89. The van der Waals surface area contributed by atoms with Crippen LogP contribution in [0.4, 0.5) is 0 Å². The van der Waals surface area contributed by atoms with Crippen molar-refractivity contribution in [1.82, 2.24) is 0 Å². The SMILES string of the molecule is CO[Si](CCCCCc1ccsc1)(OC)OC. The van der Waals surface area contributed by atoms with Gasteiger partial charge in [0.15, 0.2) is 0 Å². The first-order chi connectivity index (χ1) is 8.26.